The van der Waals surface area contributed by atoms with Gasteiger partial charge in [-0.3, -0.25) is 9.59 Å². The molecule has 132 valence electrons. The topological polar surface area (TPSA) is 46.6 Å². The second-order valence-electron chi connectivity index (χ2n) is 7.05. The molecule has 4 heteroatoms. The minimum absolute atomic E-state index is 0.158. The monoisotopic (exact) mass is 347 g/mol. The molecule has 0 radical (unpaired) electrons. The van der Waals surface area contributed by atoms with Crippen LogP contribution in [0, 0.1) is 11.3 Å². The molecular formula is C22H21NO3. The van der Waals surface area contributed by atoms with Crippen molar-refractivity contribution in [3.63, 3.8) is 0 Å². The highest BCUT2D eigenvalue weighted by molar-refractivity contribution is 6.08. The number of amides is 1. The quantitative estimate of drug-likeness (QED) is 0.633. The zero-order valence-corrected chi connectivity index (χ0v) is 14.8. The second-order valence-corrected chi connectivity index (χ2v) is 7.05. The van der Waals surface area contributed by atoms with Gasteiger partial charge in [-0.25, -0.2) is 0 Å². The van der Waals surface area contributed by atoms with E-state index in [1.807, 2.05) is 54.6 Å². The number of carbonyl (C=O) groups is 2. The third kappa shape index (κ3) is 2.29. The summed E-state index contributed by atoms with van der Waals surface area (Å²) in [7, 11) is 1.35. The Hall–Kier alpha value is -2.88. The molecule has 2 aromatic rings. The minimum Gasteiger partial charge on any atom is -0.468 e. The van der Waals surface area contributed by atoms with E-state index in [1.165, 1.54) is 7.11 Å². The summed E-state index contributed by atoms with van der Waals surface area (Å²) < 4.78 is 5.10. The van der Waals surface area contributed by atoms with Gasteiger partial charge in [-0.05, 0) is 28.7 Å². The summed E-state index contributed by atoms with van der Waals surface area (Å²) in [6.07, 6.45) is 0.365. The first-order chi connectivity index (χ1) is 12.6. The summed E-state index contributed by atoms with van der Waals surface area (Å²) in [5, 5.41) is 0. The van der Waals surface area contributed by atoms with Gasteiger partial charge in [0.2, 0.25) is 5.91 Å². The standard InChI is InChI=1S/C22H21NO3/c1-15-18-11-7-6-10-17(18)12-22(21(25)26-2)19(15)14-23(20(22)24)13-16-8-4-3-5-9-16/h3-11,19H,1,12-14H2,2H3/t19-,22-/m0/s1. The van der Waals surface area contributed by atoms with Crippen molar-refractivity contribution >= 4 is 17.4 Å². The lowest BCUT2D eigenvalue weighted by Crippen LogP contribution is -2.48. The highest BCUT2D eigenvalue weighted by Crippen LogP contribution is 2.52. The van der Waals surface area contributed by atoms with Gasteiger partial charge in [-0.1, -0.05) is 61.2 Å². The molecule has 2 aliphatic rings. The van der Waals surface area contributed by atoms with E-state index in [0.717, 1.165) is 22.3 Å². The molecule has 0 saturated carbocycles. The highest BCUT2D eigenvalue weighted by Gasteiger charge is 2.62. The van der Waals surface area contributed by atoms with E-state index in [1.54, 1.807) is 4.90 Å². The van der Waals surface area contributed by atoms with E-state index in [9.17, 15) is 9.59 Å². The third-order valence-corrected chi connectivity index (χ3v) is 5.69. The van der Waals surface area contributed by atoms with E-state index >= 15 is 0 Å². The molecule has 1 aliphatic heterocycles. The maximum Gasteiger partial charge on any atom is 0.322 e. The van der Waals surface area contributed by atoms with Crippen LogP contribution in [-0.2, 0) is 27.3 Å². The van der Waals surface area contributed by atoms with E-state index in [2.05, 4.69) is 6.58 Å². The summed E-state index contributed by atoms with van der Waals surface area (Å²) in [6, 6.07) is 17.7. The first-order valence-corrected chi connectivity index (χ1v) is 8.76. The molecule has 0 spiro atoms. The maximum atomic E-state index is 13.4. The number of methoxy groups -OCH3 is 1. The molecule has 1 aliphatic carbocycles. The van der Waals surface area contributed by atoms with E-state index < -0.39 is 11.4 Å². The van der Waals surface area contributed by atoms with Crippen molar-refractivity contribution in [1.82, 2.24) is 4.90 Å². The van der Waals surface area contributed by atoms with E-state index in [4.69, 9.17) is 4.74 Å². The van der Waals surface area contributed by atoms with Crippen LogP contribution in [0.3, 0.4) is 0 Å². The van der Waals surface area contributed by atoms with Crippen LogP contribution < -0.4 is 0 Å². The number of rotatable bonds is 3. The molecule has 2 atom stereocenters. The Labute approximate surface area is 153 Å². The van der Waals surface area contributed by atoms with Crippen LogP contribution in [0.1, 0.15) is 16.7 Å². The molecule has 0 aromatic heterocycles. The zero-order valence-electron chi connectivity index (χ0n) is 14.8. The number of nitrogens with zero attached hydrogens (tertiary/aromatic N) is 1. The van der Waals surface area contributed by atoms with Gasteiger partial charge in [0.1, 0.15) is 0 Å². The SMILES string of the molecule is C=C1c2ccccc2C[C@@]2(C(=O)OC)C(=O)N(Cc3ccccc3)C[C@@H]12. The molecule has 26 heavy (non-hydrogen) atoms. The Morgan fingerprint density at radius 3 is 2.62 bits per heavy atom. The van der Waals surface area contributed by atoms with Crippen LogP contribution in [0.15, 0.2) is 61.2 Å². The molecule has 4 nitrogen and oxygen atoms in total. The minimum atomic E-state index is -1.20. The Kier molecular flexibility index (Phi) is 3.91. The number of esters is 1. The van der Waals surface area contributed by atoms with Crippen molar-refractivity contribution in [2.24, 2.45) is 11.3 Å². The third-order valence-electron chi connectivity index (χ3n) is 5.69. The summed E-state index contributed by atoms with van der Waals surface area (Å²) in [5.74, 6) is -0.881. The first-order valence-electron chi connectivity index (χ1n) is 8.76. The second kappa shape index (κ2) is 6.13. The van der Waals surface area contributed by atoms with E-state index in [0.29, 0.717) is 19.5 Å². The van der Waals surface area contributed by atoms with Crippen molar-refractivity contribution in [2.45, 2.75) is 13.0 Å². The number of carbonyl (C=O) groups excluding carboxylic acids is 2. The summed E-state index contributed by atoms with van der Waals surface area (Å²) >= 11 is 0. The summed E-state index contributed by atoms with van der Waals surface area (Å²) in [5.41, 5.74) is 2.72. The average molecular weight is 347 g/mol. The number of hydrogen-bond donors (Lipinski definition) is 0. The van der Waals surface area contributed by atoms with Crippen LogP contribution in [0.2, 0.25) is 0 Å². The molecule has 1 amide bonds. The lowest BCUT2D eigenvalue weighted by atomic mass is 9.64. The summed E-state index contributed by atoms with van der Waals surface area (Å²) in [4.78, 5) is 28.0. The highest BCUT2D eigenvalue weighted by atomic mass is 16.5. The predicted molar refractivity (Wildman–Crippen MR) is 99.0 cm³/mol. The van der Waals surface area contributed by atoms with Gasteiger partial charge >= 0.3 is 5.97 Å². The van der Waals surface area contributed by atoms with Crippen molar-refractivity contribution in [2.75, 3.05) is 13.7 Å². The van der Waals surface area contributed by atoms with Crippen LogP contribution >= 0.6 is 0 Å². The van der Waals surface area contributed by atoms with Gasteiger partial charge in [0, 0.05) is 19.0 Å². The van der Waals surface area contributed by atoms with Crippen molar-refractivity contribution in [3.8, 4) is 0 Å². The average Bonchev–Trinajstić information content (AvgIpc) is 2.96. The normalized spacial score (nSPS) is 24.2. The van der Waals surface area contributed by atoms with Crippen LogP contribution in [0.5, 0.6) is 0 Å². The van der Waals surface area contributed by atoms with E-state index in [-0.39, 0.29) is 11.8 Å². The Morgan fingerprint density at radius 2 is 1.88 bits per heavy atom. The molecule has 1 heterocycles. The lowest BCUT2D eigenvalue weighted by Gasteiger charge is -2.36. The Morgan fingerprint density at radius 1 is 1.19 bits per heavy atom. The number of likely N-dealkylation sites (tertiary alicyclic amines) is 1. The molecular weight excluding hydrogens is 326 g/mol. The number of fused-ring (bicyclic) bond motifs is 2. The fourth-order valence-corrected chi connectivity index (χ4v) is 4.40. The lowest BCUT2D eigenvalue weighted by molar-refractivity contribution is -0.160. The number of ether oxygens (including phenoxy) is 1. The smallest absolute Gasteiger partial charge is 0.322 e. The number of hydrogen-bond acceptors (Lipinski definition) is 3. The number of benzene rings is 2. The molecule has 1 saturated heterocycles. The molecule has 1 fully saturated rings. The Bertz CT molecular complexity index is 889. The van der Waals surface area contributed by atoms with Gasteiger partial charge in [-0.15, -0.1) is 0 Å². The molecule has 4 rings (SSSR count). The van der Waals surface area contributed by atoms with Crippen molar-refractivity contribution < 1.29 is 14.3 Å². The van der Waals surface area contributed by atoms with Gasteiger partial charge in [0.25, 0.3) is 0 Å². The largest absolute Gasteiger partial charge is 0.468 e. The van der Waals surface area contributed by atoms with Gasteiger partial charge in [0.05, 0.1) is 7.11 Å². The maximum absolute atomic E-state index is 13.4. The zero-order chi connectivity index (χ0) is 18.3. The van der Waals surface area contributed by atoms with Crippen molar-refractivity contribution in [3.05, 3.63) is 77.9 Å². The molecule has 0 unspecified atom stereocenters. The van der Waals surface area contributed by atoms with Crippen LogP contribution in [-0.4, -0.2) is 30.4 Å². The van der Waals surface area contributed by atoms with Gasteiger partial charge < -0.3 is 9.64 Å². The fraction of sp³-hybridized carbons (Fsp3) is 0.273. The van der Waals surface area contributed by atoms with Gasteiger partial charge in [0.15, 0.2) is 5.41 Å². The Balaban J connectivity index is 1.76. The predicted octanol–water partition coefficient (Wildman–Crippen LogP) is 3.07. The molecule has 0 N–H and O–H groups in total. The van der Waals surface area contributed by atoms with Crippen molar-refractivity contribution in [1.29, 1.82) is 0 Å². The first kappa shape index (κ1) is 16.6. The van der Waals surface area contributed by atoms with Crippen LogP contribution in [0.4, 0.5) is 0 Å². The van der Waals surface area contributed by atoms with Crippen LogP contribution in [0.25, 0.3) is 5.57 Å². The van der Waals surface area contributed by atoms with Gasteiger partial charge in [-0.2, -0.15) is 0 Å². The fourth-order valence-electron chi connectivity index (χ4n) is 4.40. The molecule has 2 aromatic carbocycles. The molecule has 0 bridgehead atoms. The summed E-state index contributed by atoms with van der Waals surface area (Å²) in [6.45, 7) is 5.22.